The number of rotatable bonds is 4. The zero-order chi connectivity index (χ0) is 14.9. The SMILES string of the molecule is Cl.Fc1cccc(Cc2noc(CC3CC4CCC(C3)N4)n2)c1. The van der Waals surface area contributed by atoms with Gasteiger partial charge in [0, 0.05) is 24.9 Å². The van der Waals surface area contributed by atoms with E-state index in [-0.39, 0.29) is 18.2 Å². The third-order valence-electron chi connectivity index (χ3n) is 4.80. The minimum atomic E-state index is -0.230. The zero-order valence-electron chi connectivity index (χ0n) is 12.9. The number of nitrogens with one attached hydrogen (secondary N) is 1. The van der Waals surface area contributed by atoms with E-state index in [1.807, 2.05) is 6.07 Å². The number of hydrogen-bond acceptors (Lipinski definition) is 4. The summed E-state index contributed by atoms with van der Waals surface area (Å²) in [5.41, 5.74) is 0.868. The lowest BCUT2D eigenvalue weighted by Gasteiger charge is -2.28. The van der Waals surface area contributed by atoms with Crippen LogP contribution in [0.4, 0.5) is 4.39 Å². The molecule has 0 amide bonds. The van der Waals surface area contributed by atoms with Gasteiger partial charge in [-0.2, -0.15) is 4.98 Å². The molecule has 0 saturated carbocycles. The van der Waals surface area contributed by atoms with E-state index in [0.717, 1.165) is 17.9 Å². The Hall–Kier alpha value is -1.46. The molecule has 3 heterocycles. The molecule has 0 radical (unpaired) electrons. The van der Waals surface area contributed by atoms with Crippen molar-refractivity contribution < 1.29 is 8.91 Å². The maximum absolute atomic E-state index is 13.2. The van der Waals surface area contributed by atoms with Gasteiger partial charge in [0.05, 0.1) is 0 Å². The maximum atomic E-state index is 13.2. The average Bonchev–Trinajstić information content (AvgIpc) is 3.06. The van der Waals surface area contributed by atoms with E-state index in [1.165, 1.54) is 37.8 Å². The number of aromatic nitrogens is 2. The first-order chi connectivity index (χ1) is 10.7. The van der Waals surface area contributed by atoms with Gasteiger partial charge in [0.1, 0.15) is 5.82 Å². The van der Waals surface area contributed by atoms with E-state index in [0.29, 0.717) is 30.2 Å². The van der Waals surface area contributed by atoms with Gasteiger partial charge in [-0.3, -0.25) is 0 Å². The molecule has 1 N–H and O–H groups in total. The molecule has 124 valence electrons. The van der Waals surface area contributed by atoms with E-state index in [2.05, 4.69) is 15.5 Å². The van der Waals surface area contributed by atoms with Gasteiger partial charge in [-0.15, -0.1) is 12.4 Å². The summed E-state index contributed by atoms with van der Waals surface area (Å²) in [5.74, 6) is 1.77. The molecule has 2 aliphatic rings. The fourth-order valence-electron chi connectivity index (χ4n) is 3.86. The first kappa shape index (κ1) is 16.4. The predicted octanol–water partition coefficient (Wildman–Crippen LogP) is 3.29. The van der Waals surface area contributed by atoms with Crippen LogP contribution < -0.4 is 5.32 Å². The minimum absolute atomic E-state index is 0. The number of halogens is 2. The van der Waals surface area contributed by atoms with Crippen molar-refractivity contribution in [2.75, 3.05) is 0 Å². The molecule has 2 saturated heterocycles. The van der Waals surface area contributed by atoms with Crippen molar-refractivity contribution >= 4 is 12.4 Å². The molecular formula is C17H21ClFN3O. The van der Waals surface area contributed by atoms with E-state index in [1.54, 1.807) is 6.07 Å². The van der Waals surface area contributed by atoms with E-state index in [4.69, 9.17) is 4.52 Å². The highest BCUT2D eigenvalue weighted by Gasteiger charge is 2.34. The Morgan fingerprint density at radius 3 is 2.74 bits per heavy atom. The van der Waals surface area contributed by atoms with Crippen molar-refractivity contribution in [1.29, 1.82) is 0 Å². The lowest BCUT2D eigenvalue weighted by atomic mass is 9.90. The Kier molecular flexibility index (Phi) is 4.97. The van der Waals surface area contributed by atoms with Crippen LogP contribution in [0.3, 0.4) is 0 Å². The molecular weight excluding hydrogens is 317 g/mol. The summed E-state index contributed by atoms with van der Waals surface area (Å²) < 4.78 is 18.6. The monoisotopic (exact) mass is 337 g/mol. The van der Waals surface area contributed by atoms with Crippen LogP contribution in [0.25, 0.3) is 0 Å². The molecule has 0 spiro atoms. The first-order valence-electron chi connectivity index (χ1n) is 8.06. The molecule has 2 aliphatic heterocycles. The molecule has 2 bridgehead atoms. The second-order valence-electron chi connectivity index (χ2n) is 6.59. The molecule has 4 rings (SSSR count). The van der Waals surface area contributed by atoms with Crippen LogP contribution in [0.1, 0.15) is 43.0 Å². The molecule has 1 aromatic heterocycles. The van der Waals surface area contributed by atoms with Crippen LogP contribution >= 0.6 is 12.4 Å². The van der Waals surface area contributed by atoms with Crippen molar-refractivity contribution in [3.63, 3.8) is 0 Å². The summed E-state index contributed by atoms with van der Waals surface area (Å²) in [6.45, 7) is 0. The lowest BCUT2D eigenvalue weighted by molar-refractivity contribution is 0.270. The predicted molar refractivity (Wildman–Crippen MR) is 87.1 cm³/mol. The second-order valence-corrected chi connectivity index (χ2v) is 6.59. The van der Waals surface area contributed by atoms with Crippen LogP contribution in [0.15, 0.2) is 28.8 Å². The molecule has 23 heavy (non-hydrogen) atoms. The molecule has 2 atom stereocenters. The number of piperidine rings is 1. The molecule has 2 unspecified atom stereocenters. The standard InChI is InChI=1S/C17H20FN3O.ClH/c18-13-3-1-2-11(6-13)9-16-20-17(22-21-16)10-12-7-14-4-5-15(8-12)19-14;/h1-3,6,12,14-15,19H,4-5,7-10H2;1H. The van der Waals surface area contributed by atoms with Crippen LogP contribution in [0, 0.1) is 11.7 Å². The third-order valence-corrected chi connectivity index (χ3v) is 4.80. The van der Waals surface area contributed by atoms with Gasteiger partial charge < -0.3 is 9.84 Å². The van der Waals surface area contributed by atoms with Gasteiger partial charge in [0.2, 0.25) is 5.89 Å². The first-order valence-corrected chi connectivity index (χ1v) is 8.06. The summed E-state index contributed by atoms with van der Waals surface area (Å²) >= 11 is 0. The van der Waals surface area contributed by atoms with Gasteiger partial charge in [-0.25, -0.2) is 4.39 Å². The lowest BCUT2D eigenvalue weighted by Crippen LogP contribution is -2.38. The molecule has 1 aromatic carbocycles. The van der Waals surface area contributed by atoms with Crippen LogP contribution in [-0.2, 0) is 12.8 Å². The maximum Gasteiger partial charge on any atom is 0.226 e. The average molecular weight is 338 g/mol. The van der Waals surface area contributed by atoms with Gasteiger partial charge in [0.25, 0.3) is 0 Å². The van der Waals surface area contributed by atoms with Crippen molar-refractivity contribution in [2.24, 2.45) is 5.92 Å². The zero-order valence-corrected chi connectivity index (χ0v) is 13.7. The van der Waals surface area contributed by atoms with Crippen molar-refractivity contribution in [3.05, 3.63) is 47.4 Å². The number of hydrogen-bond donors (Lipinski definition) is 1. The van der Waals surface area contributed by atoms with Crippen LogP contribution in [0.2, 0.25) is 0 Å². The summed E-state index contributed by atoms with van der Waals surface area (Å²) in [6, 6.07) is 7.90. The highest BCUT2D eigenvalue weighted by Crippen LogP contribution is 2.32. The Morgan fingerprint density at radius 1 is 1.22 bits per heavy atom. The van der Waals surface area contributed by atoms with E-state index < -0.39 is 0 Å². The minimum Gasteiger partial charge on any atom is -0.339 e. The molecule has 2 fully saturated rings. The van der Waals surface area contributed by atoms with Crippen LogP contribution in [-0.4, -0.2) is 22.2 Å². The Bertz CT molecular complexity index is 651. The summed E-state index contributed by atoms with van der Waals surface area (Å²) in [4.78, 5) is 4.48. The fourth-order valence-corrected chi connectivity index (χ4v) is 3.86. The molecule has 2 aromatic rings. The Labute approximate surface area is 141 Å². The van der Waals surface area contributed by atoms with Gasteiger partial charge in [-0.05, 0) is 49.3 Å². The number of benzene rings is 1. The van der Waals surface area contributed by atoms with E-state index in [9.17, 15) is 4.39 Å². The molecule has 6 heteroatoms. The normalized spacial score (nSPS) is 26.0. The summed E-state index contributed by atoms with van der Waals surface area (Å²) in [6.07, 6.45) is 6.39. The van der Waals surface area contributed by atoms with Gasteiger partial charge in [0.15, 0.2) is 5.82 Å². The van der Waals surface area contributed by atoms with Crippen molar-refractivity contribution in [3.8, 4) is 0 Å². The second kappa shape index (κ2) is 6.97. The quantitative estimate of drug-likeness (QED) is 0.930. The summed E-state index contributed by atoms with van der Waals surface area (Å²) in [5, 5.41) is 7.68. The highest BCUT2D eigenvalue weighted by molar-refractivity contribution is 5.85. The third kappa shape index (κ3) is 3.90. The number of fused-ring (bicyclic) bond motifs is 2. The van der Waals surface area contributed by atoms with Gasteiger partial charge >= 0.3 is 0 Å². The molecule has 4 nitrogen and oxygen atoms in total. The molecule has 0 aliphatic carbocycles. The Balaban J connectivity index is 0.00000156. The van der Waals surface area contributed by atoms with Crippen LogP contribution in [0.5, 0.6) is 0 Å². The highest BCUT2D eigenvalue weighted by atomic mass is 35.5. The fraction of sp³-hybridized carbons (Fsp3) is 0.529. The summed E-state index contributed by atoms with van der Waals surface area (Å²) in [7, 11) is 0. The van der Waals surface area contributed by atoms with E-state index >= 15 is 0 Å². The van der Waals surface area contributed by atoms with Crippen molar-refractivity contribution in [1.82, 2.24) is 15.5 Å². The Morgan fingerprint density at radius 2 is 2.00 bits per heavy atom. The topological polar surface area (TPSA) is 51.0 Å². The smallest absolute Gasteiger partial charge is 0.226 e. The number of nitrogens with zero attached hydrogens (tertiary/aromatic N) is 2. The van der Waals surface area contributed by atoms with Crippen molar-refractivity contribution in [2.45, 2.75) is 50.6 Å². The van der Waals surface area contributed by atoms with Gasteiger partial charge in [-0.1, -0.05) is 17.3 Å². The largest absolute Gasteiger partial charge is 0.339 e.